The minimum Gasteiger partial charge on any atom is -0.351 e. The van der Waals surface area contributed by atoms with Crippen molar-refractivity contribution in [3.05, 3.63) is 35.4 Å². The van der Waals surface area contributed by atoms with Crippen LogP contribution >= 0.6 is 0 Å². The number of benzene rings is 1. The lowest BCUT2D eigenvalue weighted by Crippen LogP contribution is -2.58. The van der Waals surface area contributed by atoms with Crippen LogP contribution in [-0.4, -0.2) is 34.8 Å². The van der Waals surface area contributed by atoms with Crippen molar-refractivity contribution in [2.24, 2.45) is 11.8 Å². The second-order valence-electron chi connectivity index (χ2n) is 8.90. The van der Waals surface area contributed by atoms with Gasteiger partial charge in [-0.25, -0.2) is 0 Å². The first-order valence-corrected chi connectivity index (χ1v) is 10.5. The van der Waals surface area contributed by atoms with Crippen LogP contribution in [0.15, 0.2) is 24.3 Å². The van der Waals surface area contributed by atoms with Crippen molar-refractivity contribution in [1.29, 1.82) is 0 Å². The summed E-state index contributed by atoms with van der Waals surface area (Å²) in [5.74, 6) is 1.26. The van der Waals surface area contributed by atoms with Gasteiger partial charge in [-0.05, 0) is 50.5 Å². The zero-order chi connectivity index (χ0) is 19.6. The monoisotopic (exact) mass is 370 g/mol. The van der Waals surface area contributed by atoms with Crippen molar-refractivity contribution in [3.63, 3.8) is 0 Å². The maximum Gasteiger partial charge on any atom is 0.245 e. The summed E-state index contributed by atoms with van der Waals surface area (Å²) in [5.41, 5.74) is 1.72. The predicted molar refractivity (Wildman–Crippen MR) is 108 cm³/mol. The van der Waals surface area contributed by atoms with Gasteiger partial charge in [0.2, 0.25) is 11.8 Å². The van der Waals surface area contributed by atoms with Crippen molar-refractivity contribution < 1.29 is 9.59 Å². The number of carbonyl (C=O) groups is 2. The van der Waals surface area contributed by atoms with E-state index in [4.69, 9.17) is 0 Å². The molecule has 1 aromatic carbocycles. The molecule has 1 heterocycles. The Labute approximate surface area is 163 Å². The summed E-state index contributed by atoms with van der Waals surface area (Å²) in [6.07, 6.45) is 5.32. The van der Waals surface area contributed by atoms with Gasteiger partial charge in [0.15, 0.2) is 0 Å². The number of nitrogens with one attached hydrogen (secondary N) is 1. The maximum atomic E-state index is 13.2. The second-order valence-corrected chi connectivity index (χ2v) is 8.90. The van der Waals surface area contributed by atoms with Crippen LogP contribution in [0.2, 0.25) is 0 Å². The van der Waals surface area contributed by atoms with Gasteiger partial charge in [0, 0.05) is 19.0 Å². The molecule has 1 saturated heterocycles. The Hall–Kier alpha value is -1.84. The van der Waals surface area contributed by atoms with Gasteiger partial charge in [-0.2, -0.15) is 0 Å². The number of carbonyl (C=O) groups excluding carboxylic acids is 2. The van der Waals surface area contributed by atoms with Crippen molar-refractivity contribution in [2.75, 3.05) is 6.54 Å². The smallest absolute Gasteiger partial charge is 0.245 e. The average Bonchev–Trinajstić information content (AvgIpc) is 2.94. The van der Waals surface area contributed by atoms with E-state index in [1.165, 1.54) is 24.0 Å². The summed E-state index contributed by atoms with van der Waals surface area (Å²) >= 11 is 0. The molecule has 4 nitrogen and oxygen atoms in total. The fourth-order valence-electron chi connectivity index (χ4n) is 4.61. The Morgan fingerprint density at radius 3 is 2.63 bits per heavy atom. The topological polar surface area (TPSA) is 49.4 Å². The number of hydrogen-bond donors (Lipinski definition) is 1. The number of nitrogens with zero attached hydrogens (tertiary/aromatic N) is 1. The summed E-state index contributed by atoms with van der Waals surface area (Å²) in [6.45, 7) is 9.13. The molecule has 1 saturated carbocycles. The lowest BCUT2D eigenvalue weighted by atomic mass is 9.77. The molecule has 148 valence electrons. The van der Waals surface area contributed by atoms with Crippen LogP contribution in [0.1, 0.15) is 64.0 Å². The van der Waals surface area contributed by atoms with E-state index in [1.807, 2.05) is 11.8 Å². The Balaban J connectivity index is 1.67. The van der Waals surface area contributed by atoms with Gasteiger partial charge >= 0.3 is 0 Å². The minimum atomic E-state index is -0.720. The van der Waals surface area contributed by atoms with Crippen LogP contribution < -0.4 is 5.32 Å². The highest BCUT2D eigenvalue weighted by molar-refractivity contribution is 5.94. The molecule has 3 rings (SSSR count). The maximum absolute atomic E-state index is 13.2. The van der Waals surface area contributed by atoms with Gasteiger partial charge < -0.3 is 10.2 Å². The molecule has 4 unspecified atom stereocenters. The highest BCUT2D eigenvalue weighted by atomic mass is 16.2. The Kier molecular flexibility index (Phi) is 5.92. The van der Waals surface area contributed by atoms with Crippen LogP contribution in [-0.2, 0) is 16.0 Å². The Morgan fingerprint density at radius 2 is 1.93 bits per heavy atom. The molecule has 0 aromatic heterocycles. The number of hydrogen-bond acceptors (Lipinski definition) is 2. The van der Waals surface area contributed by atoms with Crippen LogP contribution in [0.5, 0.6) is 0 Å². The van der Waals surface area contributed by atoms with E-state index in [9.17, 15) is 9.59 Å². The fraction of sp³-hybridized carbons (Fsp3) is 0.652. The molecule has 1 aliphatic heterocycles. The summed E-state index contributed by atoms with van der Waals surface area (Å²) in [4.78, 5) is 27.5. The lowest BCUT2D eigenvalue weighted by Gasteiger charge is -2.39. The molecule has 4 heteroatoms. The molecular weight excluding hydrogens is 336 g/mol. The molecule has 0 bridgehead atoms. The molecule has 1 aromatic rings. The molecule has 4 atom stereocenters. The highest BCUT2D eigenvalue weighted by Crippen LogP contribution is 2.33. The van der Waals surface area contributed by atoms with Gasteiger partial charge in [0.1, 0.15) is 5.54 Å². The second kappa shape index (κ2) is 8.04. The van der Waals surface area contributed by atoms with Crippen molar-refractivity contribution >= 4 is 11.8 Å². The van der Waals surface area contributed by atoms with Crippen LogP contribution in [0, 0.1) is 18.8 Å². The first-order chi connectivity index (χ1) is 12.8. The number of aryl methyl sites for hydroxylation is 1. The van der Waals surface area contributed by atoms with E-state index in [2.05, 4.69) is 50.4 Å². The van der Waals surface area contributed by atoms with E-state index in [1.54, 1.807) is 0 Å². The van der Waals surface area contributed by atoms with Crippen LogP contribution in [0.4, 0.5) is 0 Å². The molecular formula is C23H34N2O2. The van der Waals surface area contributed by atoms with Gasteiger partial charge in [0.05, 0.1) is 0 Å². The van der Waals surface area contributed by atoms with Gasteiger partial charge in [-0.3, -0.25) is 9.59 Å². The van der Waals surface area contributed by atoms with Crippen LogP contribution in [0.3, 0.4) is 0 Å². The molecule has 1 aliphatic carbocycles. The highest BCUT2D eigenvalue weighted by Gasteiger charge is 2.47. The Morgan fingerprint density at radius 1 is 1.22 bits per heavy atom. The van der Waals surface area contributed by atoms with E-state index in [0.29, 0.717) is 31.2 Å². The summed E-state index contributed by atoms with van der Waals surface area (Å²) in [7, 11) is 0. The quantitative estimate of drug-likeness (QED) is 0.856. The van der Waals surface area contributed by atoms with Crippen LogP contribution in [0.25, 0.3) is 0 Å². The largest absolute Gasteiger partial charge is 0.351 e. The summed E-state index contributed by atoms with van der Waals surface area (Å²) in [6, 6.07) is 8.64. The molecule has 0 spiro atoms. The van der Waals surface area contributed by atoms with E-state index >= 15 is 0 Å². The van der Waals surface area contributed by atoms with E-state index in [-0.39, 0.29) is 17.9 Å². The standard InChI is InChI=1S/C23H34N2O2/c1-16-8-10-19(11-9-16)13-15-25-21(26)12-14-23(25,4)22(27)24-20-7-5-6-17(2)18(20)3/h8-11,17-18,20H,5-7,12-15H2,1-4H3,(H,24,27). The fourth-order valence-corrected chi connectivity index (χ4v) is 4.61. The SMILES string of the molecule is Cc1ccc(CCN2C(=O)CCC2(C)C(=O)NC2CCCC(C)C2C)cc1. The van der Waals surface area contributed by atoms with Gasteiger partial charge in [0.25, 0.3) is 0 Å². The molecule has 1 N–H and O–H groups in total. The van der Waals surface area contributed by atoms with E-state index in [0.717, 1.165) is 12.8 Å². The molecule has 27 heavy (non-hydrogen) atoms. The third-order valence-corrected chi connectivity index (χ3v) is 6.98. The summed E-state index contributed by atoms with van der Waals surface area (Å²) in [5, 5.41) is 3.30. The number of rotatable bonds is 5. The lowest BCUT2D eigenvalue weighted by molar-refractivity contribution is -0.141. The zero-order valence-electron chi connectivity index (χ0n) is 17.3. The number of amides is 2. The van der Waals surface area contributed by atoms with Crippen molar-refractivity contribution in [2.45, 2.75) is 77.8 Å². The molecule has 2 fully saturated rings. The molecule has 0 radical (unpaired) electrons. The zero-order valence-corrected chi connectivity index (χ0v) is 17.3. The third-order valence-electron chi connectivity index (χ3n) is 6.98. The van der Waals surface area contributed by atoms with Crippen molar-refractivity contribution in [1.82, 2.24) is 10.2 Å². The first kappa shape index (κ1) is 19.9. The number of likely N-dealkylation sites (tertiary alicyclic amines) is 1. The van der Waals surface area contributed by atoms with E-state index < -0.39 is 5.54 Å². The molecule has 2 aliphatic rings. The van der Waals surface area contributed by atoms with Gasteiger partial charge in [-0.1, -0.05) is 56.5 Å². The normalized spacial score (nSPS) is 31.2. The predicted octanol–water partition coefficient (Wildman–Crippen LogP) is 3.86. The Bertz CT molecular complexity index is 684. The summed E-state index contributed by atoms with van der Waals surface area (Å²) < 4.78 is 0. The minimum absolute atomic E-state index is 0.0307. The van der Waals surface area contributed by atoms with Crippen molar-refractivity contribution in [3.8, 4) is 0 Å². The van der Waals surface area contributed by atoms with Gasteiger partial charge in [-0.15, -0.1) is 0 Å². The average molecular weight is 371 g/mol. The third kappa shape index (κ3) is 4.20. The molecule has 2 amide bonds. The first-order valence-electron chi connectivity index (χ1n) is 10.5.